The lowest BCUT2D eigenvalue weighted by Crippen LogP contribution is -2.21. The van der Waals surface area contributed by atoms with Crippen LogP contribution in [-0.2, 0) is 16.1 Å². The molecule has 0 aliphatic carbocycles. The van der Waals surface area contributed by atoms with Crippen molar-refractivity contribution in [1.82, 2.24) is 14.8 Å². The van der Waals surface area contributed by atoms with Crippen molar-refractivity contribution in [1.29, 1.82) is 0 Å². The van der Waals surface area contributed by atoms with Gasteiger partial charge in [0.05, 0.1) is 22.8 Å². The predicted octanol–water partition coefficient (Wildman–Crippen LogP) is 4.35. The van der Waals surface area contributed by atoms with Crippen LogP contribution in [0.4, 0.5) is 10.7 Å². The molecule has 10 nitrogen and oxygen atoms in total. The number of esters is 1. The molecule has 0 aliphatic rings. The number of rotatable bonds is 13. The first kappa shape index (κ1) is 28.9. The number of hydrogen-bond donors (Lipinski definition) is 2. The Morgan fingerprint density at radius 1 is 1.18 bits per heavy atom. The molecule has 0 spiro atoms. The highest BCUT2D eigenvalue weighted by Gasteiger charge is 2.26. The topological polar surface area (TPSA) is 132 Å². The van der Waals surface area contributed by atoms with Gasteiger partial charge in [-0.3, -0.25) is 14.2 Å². The van der Waals surface area contributed by atoms with Gasteiger partial charge in [-0.15, -0.1) is 28.1 Å². The van der Waals surface area contributed by atoms with E-state index in [0.29, 0.717) is 23.1 Å². The molecule has 3 rings (SSSR count). The molecule has 2 heterocycles. The Kier molecular flexibility index (Phi) is 10.1. The third-order valence-corrected chi connectivity index (χ3v) is 7.91. The van der Waals surface area contributed by atoms with Crippen molar-refractivity contribution in [3.8, 4) is 11.4 Å². The fourth-order valence-corrected chi connectivity index (χ4v) is 5.70. The zero-order chi connectivity index (χ0) is 27.8. The lowest BCUT2D eigenvalue weighted by Gasteiger charge is -2.21. The number of thiophene rings is 1. The molecule has 0 saturated carbocycles. The minimum absolute atomic E-state index is 0.00128. The largest absolute Gasteiger partial charge is 0.462 e. The van der Waals surface area contributed by atoms with Crippen molar-refractivity contribution in [2.75, 3.05) is 35.7 Å². The Hall–Kier alpha value is -3.64. The average Bonchev–Trinajstić information content (AvgIpc) is 3.44. The number of aromatic nitrogens is 3. The summed E-state index contributed by atoms with van der Waals surface area (Å²) in [5.74, 6) is -1.01. The molecule has 0 unspecified atom stereocenters. The van der Waals surface area contributed by atoms with E-state index in [1.807, 2.05) is 16.7 Å². The number of amides is 2. The van der Waals surface area contributed by atoms with Gasteiger partial charge in [-0.2, -0.15) is 0 Å². The number of carbonyl (C=O) groups is 3. The summed E-state index contributed by atoms with van der Waals surface area (Å²) in [5, 5.41) is 12.2. The first-order valence-electron chi connectivity index (χ1n) is 12.2. The SMILES string of the molecule is C=CCn1c(SCC(=O)Nc2sc(C(N)=O)c(C)c2C(=O)OCC)nnc1-c1ccc(N(CC)CC)cc1. The predicted molar refractivity (Wildman–Crippen MR) is 152 cm³/mol. The summed E-state index contributed by atoms with van der Waals surface area (Å²) in [6.07, 6.45) is 1.74. The van der Waals surface area contributed by atoms with E-state index in [9.17, 15) is 14.4 Å². The molecular formula is C26H32N6O4S2. The lowest BCUT2D eigenvalue weighted by molar-refractivity contribution is -0.113. The van der Waals surface area contributed by atoms with Gasteiger partial charge in [-0.05, 0) is 57.5 Å². The molecule has 3 aromatic rings. The molecule has 0 aliphatic heterocycles. The average molecular weight is 557 g/mol. The van der Waals surface area contributed by atoms with E-state index < -0.39 is 11.9 Å². The molecule has 0 atom stereocenters. The summed E-state index contributed by atoms with van der Waals surface area (Å²) in [6, 6.07) is 8.12. The minimum atomic E-state index is -0.678. The van der Waals surface area contributed by atoms with Gasteiger partial charge in [0.25, 0.3) is 5.91 Å². The molecule has 2 amide bonds. The van der Waals surface area contributed by atoms with Crippen LogP contribution in [-0.4, -0.2) is 58.0 Å². The maximum Gasteiger partial charge on any atom is 0.341 e. The second-order valence-electron chi connectivity index (χ2n) is 8.11. The van der Waals surface area contributed by atoms with Crippen LogP contribution < -0.4 is 16.0 Å². The van der Waals surface area contributed by atoms with E-state index >= 15 is 0 Å². The van der Waals surface area contributed by atoms with E-state index in [1.165, 1.54) is 11.8 Å². The van der Waals surface area contributed by atoms with Crippen LogP contribution in [0.5, 0.6) is 0 Å². The second kappa shape index (κ2) is 13.2. The Morgan fingerprint density at radius 2 is 1.87 bits per heavy atom. The van der Waals surface area contributed by atoms with Crippen LogP contribution in [0.1, 0.15) is 46.4 Å². The van der Waals surface area contributed by atoms with Gasteiger partial charge < -0.3 is 20.7 Å². The summed E-state index contributed by atoms with van der Waals surface area (Å²) >= 11 is 2.16. The normalized spacial score (nSPS) is 10.7. The van der Waals surface area contributed by atoms with Crippen LogP contribution in [0.2, 0.25) is 0 Å². The number of benzene rings is 1. The number of nitrogens with zero attached hydrogens (tertiary/aromatic N) is 4. The summed E-state index contributed by atoms with van der Waals surface area (Å²) in [5.41, 5.74) is 7.99. The number of nitrogens with one attached hydrogen (secondary N) is 1. The van der Waals surface area contributed by atoms with Gasteiger partial charge in [-0.1, -0.05) is 17.8 Å². The molecule has 1 aromatic carbocycles. The standard InChI is InChI=1S/C26H32N6O4S2/c1-6-14-32-23(17-10-12-18(13-11-17)31(7-2)8-3)29-30-26(32)37-15-19(33)28-24-20(25(35)36-9-4)16(5)21(38-24)22(27)34/h6,10-13H,1,7-9,14-15H2,2-5H3,(H2,27,34)(H,28,33). The number of allylic oxidation sites excluding steroid dienone is 1. The molecule has 2 aromatic heterocycles. The molecule has 0 bridgehead atoms. The van der Waals surface area contributed by atoms with Crippen molar-refractivity contribution >= 4 is 51.6 Å². The van der Waals surface area contributed by atoms with Crippen LogP contribution >= 0.6 is 23.1 Å². The van der Waals surface area contributed by atoms with Crippen molar-refractivity contribution in [2.24, 2.45) is 5.73 Å². The molecule has 38 heavy (non-hydrogen) atoms. The molecule has 3 N–H and O–H groups in total. The third kappa shape index (κ3) is 6.43. The van der Waals surface area contributed by atoms with Gasteiger partial charge in [-0.25, -0.2) is 4.79 Å². The Labute approximate surface area is 230 Å². The van der Waals surface area contributed by atoms with Gasteiger partial charge in [0.1, 0.15) is 5.00 Å². The summed E-state index contributed by atoms with van der Waals surface area (Å²) in [7, 11) is 0. The van der Waals surface area contributed by atoms with Crippen LogP contribution in [0, 0.1) is 6.92 Å². The van der Waals surface area contributed by atoms with Gasteiger partial charge in [0.2, 0.25) is 5.91 Å². The smallest absolute Gasteiger partial charge is 0.341 e. The molecule has 202 valence electrons. The number of hydrogen-bond acceptors (Lipinski definition) is 9. The van der Waals surface area contributed by atoms with E-state index in [2.05, 4.69) is 53.0 Å². The van der Waals surface area contributed by atoms with Crippen LogP contribution in [0.15, 0.2) is 42.1 Å². The number of primary amides is 1. The highest BCUT2D eigenvalue weighted by molar-refractivity contribution is 7.99. The highest BCUT2D eigenvalue weighted by Crippen LogP contribution is 2.34. The van der Waals surface area contributed by atoms with Gasteiger partial charge in [0.15, 0.2) is 11.0 Å². The Morgan fingerprint density at radius 3 is 2.45 bits per heavy atom. The molecular weight excluding hydrogens is 524 g/mol. The molecule has 0 radical (unpaired) electrons. The maximum atomic E-state index is 12.8. The van der Waals surface area contributed by atoms with Crippen molar-refractivity contribution in [3.63, 3.8) is 0 Å². The van der Waals surface area contributed by atoms with E-state index in [-0.39, 0.29) is 33.7 Å². The first-order valence-corrected chi connectivity index (χ1v) is 14.0. The number of ether oxygens (including phenoxy) is 1. The lowest BCUT2D eigenvalue weighted by atomic mass is 10.1. The van der Waals surface area contributed by atoms with Crippen molar-refractivity contribution < 1.29 is 19.1 Å². The number of anilines is 2. The molecule has 0 fully saturated rings. The maximum absolute atomic E-state index is 12.8. The Bertz CT molecular complexity index is 1310. The number of thioether (sulfide) groups is 1. The fraction of sp³-hybridized carbons (Fsp3) is 0.346. The van der Waals surface area contributed by atoms with E-state index in [0.717, 1.165) is 35.7 Å². The summed E-state index contributed by atoms with van der Waals surface area (Å²) in [6.45, 7) is 13.8. The van der Waals surface area contributed by atoms with Crippen LogP contribution in [0.25, 0.3) is 11.4 Å². The summed E-state index contributed by atoms with van der Waals surface area (Å²) < 4.78 is 6.99. The third-order valence-electron chi connectivity index (χ3n) is 5.72. The molecule has 12 heteroatoms. The highest BCUT2D eigenvalue weighted by atomic mass is 32.2. The zero-order valence-electron chi connectivity index (χ0n) is 21.9. The summed E-state index contributed by atoms with van der Waals surface area (Å²) in [4.78, 5) is 39.6. The van der Waals surface area contributed by atoms with E-state index in [4.69, 9.17) is 10.5 Å². The second-order valence-corrected chi connectivity index (χ2v) is 10.1. The van der Waals surface area contributed by atoms with Gasteiger partial charge >= 0.3 is 5.97 Å². The number of nitrogens with two attached hydrogens (primary N) is 1. The quantitative estimate of drug-likeness (QED) is 0.180. The first-order chi connectivity index (χ1) is 18.2. The van der Waals surface area contributed by atoms with Crippen molar-refractivity contribution in [2.45, 2.75) is 39.4 Å². The van der Waals surface area contributed by atoms with Gasteiger partial charge in [0, 0.05) is 30.9 Å². The van der Waals surface area contributed by atoms with Crippen molar-refractivity contribution in [3.05, 3.63) is 52.9 Å². The zero-order valence-corrected chi connectivity index (χ0v) is 23.6. The minimum Gasteiger partial charge on any atom is -0.462 e. The fourth-order valence-electron chi connectivity index (χ4n) is 3.89. The van der Waals surface area contributed by atoms with E-state index in [1.54, 1.807) is 19.9 Å². The molecule has 0 saturated heterocycles. The Balaban J connectivity index is 1.78. The number of carbonyl (C=O) groups excluding carboxylic acids is 3. The monoisotopic (exact) mass is 556 g/mol. The van der Waals surface area contributed by atoms with Crippen LogP contribution in [0.3, 0.4) is 0 Å².